The molecule has 0 saturated carbocycles. The molecule has 1 saturated heterocycles. The number of amides is 2. The molecule has 2 rings (SSSR count). The van der Waals surface area contributed by atoms with Crippen LogP contribution in [0.3, 0.4) is 0 Å². The summed E-state index contributed by atoms with van der Waals surface area (Å²) in [7, 11) is 0. The van der Waals surface area contributed by atoms with Crippen LogP contribution in [0.2, 0.25) is 0 Å². The molecular weight excluding hydrogens is 446 g/mol. The van der Waals surface area contributed by atoms with Crippen LogP contribution in [0.1, 0.15) is 44.6 Å². The molecule has 1 heterocycles. The Hall–Kier alpha value is -3.01. The monoisotopic (exact) mass is 477 g/mol. The third-order valence-electron chi connectivity index (χ3n) is 5.00. The van der Waals surface area contributed by atoms with Crippen molar-refractivity contribution in [3.63, 3.8) is 0 Å². The van der Waals surface area contributed by atoms with Crippen molar-refractivity contribution in [3.8, 4) is 0 Å². The number of benzene rings is 1. The minimum absolute atomic E-state index is 0.0765. The molecule has 1 aliphatic heterocycles. The van der Waals surface area contributed by atoms with E-state index < -0.39 is 12.0 Å². The summed E-state index contributed by atoms with van der Waals surface area (Å²) in [4.78, 5) is 49.6. The number of thiocarbonyl (C=S) groups is 1. The number of carbonyl (C=O) groups is 4. The topological polar surface area (TPSA) is 114 Å². The van der Waals surface area contributed by atoms with Crippen molar-refractivity contribution in [1.29, 1.82) is 0 Å². The molecule has 0 radical (unpaired) electrons. The van der Waals surface area contributed by atoms with Crippen LogP contribution in [0.25, 0.3) is 0 Å². The number of hydrogen-bond donors (Lipinski definition) is 2. The fraction of sp³-hybridized carbons (Fsp3) is 0.522. The molecule has 180 valence electrons. The van der Waals surface area contributed by atoms with Crippen LogP contribution in [-0.2, 0) is 35.1 Å². The Morgan fingerprint density at radius 1 is 1.12 bits per heavy atom. The van der Waals surface area contributed by atoms with Crippen molar-refractivity contribution in [1.82, 2.24) is 15.5 Å². The third kappa shape index (κ3) is 9.56. The summed E-state index contributed by atoms with van der Waals surface area (Å²) in [6.07, 6.45) is 1.94. The second kappa shape index (κ2) is 14.2. The molecule has 10 heteroatoms. The molecule has 1 aliphatic rings. The zero-order chi connectivity index (χ0) is 24.1. The highest BCUT2D eigenvalue weighted by atomic mass is 32.1. The van der Waals surface area contributed by atoms with Crippen molar-refractivity contribution in [2.24, 2.45) is 0 Å². The summed E-state index contributed by atoms with van der Waals surface area (Å²) in [5.74, 6) is -1.57. The van der Waals surface area contributed by atoms with Gasteiger partial charge in [0.15, 0.2) is 5.11 Å². The number of carbonyl (C=O) groups excluding carboxylic acids is 4. The van der Waals surface area contributed by atoms with E-state index in [0.717, 1.165) is 12.8 Å². The summed E-state index contributed by atoms with van der Waals surface area (Å²) in [6.45, 7) is 2.95. The van der Waals surface area contributed by atoms with Crippen molar-refractivity contribution < 1.29 is 28.7 Å². The Bertz CT molecular complexity index is 833. The van der Waals surface area contributed by atoms with Crippen LogP contribution in [0, 0.1) is 0 Å². The van der Waals surface area contributed by atoms with Crippen LogP contribution in [-0.4, -0.2) is 66.1 Å². The lowest BCUT2D eigenvalue weighted by molar-refractivity contribution is -0.147. The van der Waals surface area contributed by atoms with E-state index in [2.05, 4.69) is 10.6 Å². The fourth-order valence-electron chi connectivity index (χ4n) is 3.36. The van der Waals surface area contributed by atoms with Gasteiger partial charge in [-0.05, 0) is 44.0 Å². The van der Waals surface area contributed by atoms with Crippen LogP contribution < -0.4 is 10.6 Å². The minimum Gasteiger partial charge on any atom is -0.466 e. The Morgan fingerprint density at radius 2 is 1.88 bits per heavy atom. The second-order valence-corrected chi connectivity index (χ2v) is 7.91. The predicted octanol–water partition coefficient (Wildman–Crippen LogP) is 1.49. The van der Waals surface area contributed by atoms with Crippen LogP contribution in [0.15, 0.2) is 30.3 Å². The van der Waals surface area contributed by atoms with Gasteiger partial charge in [-0.15, -0.1) is 0 Å². The molecule has 33 heavy (non-hydrogen) atoms. The Kier molecular flexibility index (Phi) is 11.3. The molecule has 1 fully saturated rings. The van der Waals surface area contributed by atoms with Gasteiger partial charge in [0.25, 0.3) is 0 Å². The number of esters is 2. The summed E-state index contributed by atoms with van der Waals surface area (Å²) >= 11 is 5.28. The summed E-state index contributed by atoms with van der Waals surface area (Å²) in [5, 5.41) is 5.34. The number of hydrogen-bond acceptors (Lipinski definition) is 7. The van der Waals surface area contributed by atoms with E-state index >= 15 is 0 Å². The van der Waals surface area contributed by atoms with E-state index in [1.54, 1.807) is 6.92 Å². The van der Waals surface area contributed by atoms with Crippen molar-refractivity contribution >= 4 is 41.1 Å². The van der Waals surface area contributed by atoms with Crippen LogP contribution in [0.5, 0.6) is 0 Å². The van der Waals surface area contributed by atoms with Gasteiger partial charge in [0.1, 0.15) is 6.04 Å². The lowest BCUT2D eigenvalue weighted by atomic mass is 10.1. The minimum atomic E-state index is -0.837. The molecule has 9 nitrogen and oxygen atoms in total. The first kappa shape index (κ1) is 26.2. The van der Waals surface area contributed by atoms with Gasteiger partial charge in [-0.3, -0.25) is 19.2 Å². The Morgan fingerprint density at radius 3 is 2.61 bits per heavy atom. The lowest BCUT2D eigenvalue weighted by Crippen LogP contribution is -2.60. The number of aryl methyl sites for hydroxylation is 1. The maximum Gasteiger partial charge on any atom is 0.308 e. The molecule has 2 N–H and O–H groups in total. The average molecular weight is 478 g/mol. The smallest absolute Gasteiger partial charge is 0.308 e. The van der Waals surface area contributed by atoms with Gasteiger partial charge >= 0.3 is 11.9 Å². The van der Waals surface area contributed by atoms with E-state index in [1.165, 1.54) is 10.5 Å². The second-order valence-electron chi connectivity index (χ2n) is 7.53. The molecular formula is C23H31N3O6S. The normalized spacial score (nSPS) is 15.4. The SMILES string of the molecule is CCOC(=O)CC1C(=O)NCCN1C(=S)NC(=O)CCCC(=O)OCCCc1ccccc1. The van der Waals surface area contributed by atoms with Crippen LogP contribution in [0.4, 0.5) is 0 Å². The third-order valence-corrected chi connectivity index (χ3v) is 5.34. The molecule has 1 aromatic carbocycles. The first-order valence-electron chi connectivity index (χ1n) is 11.1. The molecule has 0 bridgehead atoms. The van der Waals surface area contributed by atoms with Crippen molar-refractivity contribution in [3.05, 3.63) is 35.9 Å². The number of rotatable bonds is 11. The maximum absolute atomic E-state index is 12.2. The molecule has 1 unspecified atom stereocenters. The van der Waals surface area contributed by atoms with Gasteiger partial charge in [0.2, 0.25) is 11.8 Å². The number of nitrogens with one attached hydrogen (secondary N) is 2. The van der Waals surface area contributed by atoms with E-state index in [9.17, 15) is 19.2 Å². The van der Waals surface area contributed by atoms with Crippen LogP contribution >= 0.6 is 12.2 Å². The van der Waals surface area contributed by atoms with Gasteiger partial charge < -0.3 is 25.0 Å². The molecule has 0 aromatic heterocycles. The van der Waals surface area contributed by atoms with Gasteiger partial charge in [-0.1, -0.05) is 30.3 Å². The zero-order valence-electron chi connectivity index (χ0n) is 18.8. The van der Waals surface area contributed by atoms with Gasteiger partial charge in [-0.25, -0.2) is 0 Å². The highest BCUT2D eigenvalue weighted by Crippen LogP contribution is 2.11. The molecule has 0 spiro atoms. The van der Waals surface area contributed by atoms with Gasteiger partial charge in [-0.2, -0.15) is 0 Å². The first-order chi connectivity index (χ1) is 15.9. The van der Waals surface area contributed by atoms with Crippen molar-refractivity contribution in [2.75, 3.05) is 26.3 Å². The summed E-state index contributed by atoms with van der Waals surface area (Å²) < 4.78 is 10.1. The van der Waals surface area contributed by atoms with Gasteiger partial charge in [0.05, 0.1) is 19.6 Å². The van der Waals surface area contributed by atoms with E-state index in [1.807, 2.05) is 30.3 Å². The largest absolute Gasteiger partial charge is 0.466 e. The highest BCUT2D eigenvalue weighted by Gasteiger charge is 2.34. The number of piperazine rings is 1. The van der Waals surface area contributed by atoms with E-state index in [0.29, 0.717) is 26.1 Å². The predicted molar refractivity (Wildman–Crippen MR) is 125 cm³/mol. The van der Waals surface area contributed by atoms with E-state index in [4.69, 9.17) is 21.7 Å². The molecule has 1 aromatic rings. The van der Waals surface area contributed by atoms with Gasteiger partial charge in [0, 0.05) is 25.9 Å². The van der Waals surface area contributed by atoms with Crippen molar-refractivity contribution in [2.45, 2.75) is 51.5 Å². The standard InChI is InChI=1S/C23H31N3O6S/c1-2-31-21(29)16-18-22(30)24-13-14-26(18)23(33)25-19(27)11-6-12-20(28)32-15-7-10-17-8-4-3-5-9-17/h3-5,8-9,18H,2,6-7,10-16H2,1H3,(H,24,30)(H,25,27,33). The summed E-state index contributed by atoms with van der Waals surface area (Å²) in [6, 6.07) is 9.12. The number of nitrogens with zero attached hydrogens (tertiary/aromatic N) is 1. The molecule has 0 aliphatic carbocycles. The Labute approximate surface area is 199 Å². The summed E-state index contributed by atoms with van der Waals surface area (Å²) in [5.41, 5.74) is 1.19. The quantitative estimate of drug-likeness (QED) is 0.280. The zero-order valence-corrected chi connectivity index (χ0v) is 19.7. The van der Waals surface area contributed by atoms with E-state index in [-0.39, 0.29) is 48.8 Å². The Balaban J connectivity index is 1.66. The first-order valence-corrected chi connectivity index (χ1v) is 11.5. The highest BCUT2D eigenvalue weighted by molar-refractivity contribution is 7.80. The molecule has 1 atom stereocenters. The molecule has 2 amide bonds. The lowest BCUT2D eigenvalue weighted by Gasteiger charge is -2.36. The maximum atomic E-state index is 12.2. The fourth-order valence-corrected chi connectivity index (χ4v) is 3.70. The number of ether oxygens (including phenoxy) is 2. The average Bonchev–Trinajstić information content (AvgIpc) is 2.79.